The summed E-state index contributed by atoms with van der Waals surface area (Å²) in [7, 11) is 0. The highest BCUT2D eigenvalue weighted by Gasteiger charge is 2.16. The summed E-state index contributed by atoms with van der Waals surface area (Å²) in [5, 5.41) is 8.33. The van der Waals surface area contributed by atoms with E-state index in [2.05, 4.69) is 0 Å². The third-order valence-corrected chi connectivity index (χ3v) is 1.60. The van der Waals surface area contributed by atoms with Gasteiger partial charge in [0.05, 0.1) is 0 Å². The standard InChI is InChI=1S/C11H18O5/c1-11(2,3)16-10(15)6-4-5-8(12)7-9(13)14/h4-7H2,1-3H3,(H,13,14). The highest BCUT2D eigenvalue weighted by molar-refractivity contribution is 5.94. The minimum atomic E-state index is -1.14. The molecule has 0 aromatic rings. The van der Waals surface area contributed by atoms with Gasteiger partial charge in [-0.15, -0.1) is 0 Å². The molecule has 1 N–H and O–H groups in total. The molecule has 5 nitrogen and oxygen atoms in total. The number of Topliss-reactive ketones (excluding diaryl/α,β-unsaturated/α-hetero) is 1. The topological polar surface area (TPSA) is 80.7 Å². The monoisotopic (exact) mass is 230 g/mol. The fourth-order valence-corrected chi connectivity index (χ4v) is 1.08. The van der Waals surface area contributed by atoms with Crippen molar-refractivity contribution in [3.05, 3.63) is 0 Å². The molecule has 0 aliphatic carbocycles. The van der Waals surface area contributed by atoms with Gasteiger partial charge in [0.25, 0.3) is 0 Å². The molecule has 0 aliphatic rings. The van der Waals surface area contributed by atoms with Crippen LogP contribution in [0.15, 0.2) is 0 Å². The molecule has 5 heteroatoms. The largest absolute Gasteiger partial charge is 0.481 e. The number of aliphatic carboxylic acids is 1. The molecule has 0 bridgehead atoms. The van der Waals surface area contributed by atoms with E-state index in [0.29, 0.717) is 6.42 Å². The lowest BCUT2D eigenvalue weighted by Crippen LogP contribution is -2.23. The van der Waals surface area contributed by atoms with Gasteiger partial charge < -0.3 is 9.84 Å². The molecule has 0 spiro atoms. The smallest absolute Gasteiger partial charge is 0.310 e. The van der Waals surface area contributed by atoms with Gasteiger partial charge >= 0.3 is 11.9 Å². The van der Waals surface area contributed by atoms with Gasteiger partial charge in [0, 0.05) is 12.8 Å². The first-order valence-electron chi connectivity index (χ1n) is 5.16. The van der Waals surface area contributed by atoms with E-state index in [1.54, 1.807) is 20.8 Å². The van der Waals surface area contributed by atoms with Gasteiger partial charge in [-0.25, -0.2) is 0 Å². The molecular formula is C11H18O5. The summed E-state index contributed by atoms with van der Waals surface area (Å²) in [5.74, 6) is -1.87. The van der Waals surface area contributed by atoms with Crippen LogP contribution < -0.4 is 0 Å². The Morgan fingerprint density at radius 2 is 1.69 bits per heavy atom. The summed E-state index contributed by atoms with van der Waals surface area (Å²) in [6.07, 6.45) is 0.101. The highest BCUT2D eigenvalue weighted by atomic mass is 16.6. The number of esters is 1. The van der Waals surface area contributed by atoms with Crippen LogP contribution in [0, 0.1) is 0 Å². The van der Waals surface area contributed by atoms with Crippen molar-refractivity contribution < 1.29 is 24.2 Å². The first-order valence-corrected chi connectivity index (χ1v) is 5.16. The molecule has 0 rings (SSSR count). The minimum Gasteiger partial charge on any atom is -0.481 e. The molecule has 0 atom stereocenters. The lowest BCUT2D eigenvalue weighted by Gasteiger charge is -2.19. The molecule has 16 heavy (non-hydrogen) atoms. The summed E-state index contributed by atoms with van der Waals surface area (Å²) in [5.41, 5.74) is -0.526. The molecule has 0 saturated carbocycles. The van der Waals surface area contributed by atoms with Crippen molar-refractivity contribution in [2.24, 2.45) is 0 Å². The average molecular weight is 230 g/mol. The van der Waals surface area contributed by atoms with E-state index in [0.717, 1.165) is 0 Å². The van der Waals surface area contributed by atoms with Crippen molar-refractivity contribution in [2.75, 3.05) is 0 Å². The molecule has 0 aliphatic heterocycles. The Kier molecular flexibility index (Phi) is 5.71. The maximum Gasteiger partial charge on any atom is 0.310 e. The van der Waals surface area contributed by atoms with Crippen molar-refractivity contribution in [2.45, 2.75) is 52.1 Å². The van der Waals surface area contributed by atoms with E-state index in [1.165, 1.54) is 0 Å². The first kappa shape index (κ1) is 14.6. The Bertz CT molecular complexity index is 275. The number of ether oxygens (including phenoxy) is 1. The molecule has 0 unspecified atom stereocenters. The minimum absolute atomic E-state index is 0.103. The predicted octanol–water partition coefficient (Wildman–Crippen LogP) is 1.54. The van der Waals surface area contributed by atoms with Crippen LogP contribution in [0.3, 0.4) is 0 Å². The van der Waals surface area contributed by atoms with Crippen LogP contribution in [0.2, 0.25) is 0 Å². The lowest BCUT2D eigenvalue weighted by molar-refractivity contribution is -0.154. The third kappa shape index (κ3) is 9.18. The summed E-state index contributed by atoms with van der Waals surface area (Å²) in [4.78, 5) is 32.4. The Morgan fingerprint density at radius 1 is 1.12 bits per heavy atom. The summed E-state index contributed by atoms with van der Waals surface area (Å²) in [6, 6.07) is 0. The van der Waals surface area contributed by atoms with Crippen LogP contribution in [-0.4, -0.2) is 28.4 Å². The van der Waals surface area contributed by atoms with Crippen molar-refractivity contribution in [3.8, 4) is 0 Å². The summed E-state index contributed by atoms with van der Waals surface area (Å²) in [6.45, 7) is 5.29. The number of carbonyl (C=O) groups is 3. The van der Waals surface area contributed by atoms with Gasteiger partial charge in [0.1, 0.15) is 17.8 Å². The molecule has 0 aromatic heterocycles. The molecule has 0 radical (unpaired) electrons. The molecule has 0 saturated heterocycles. The SMILES string of the molecule is CC(C)(C)OC(=O)CCCC(=O)CC(=O)O. The Labute approximate surface area is 94.8 Å². The van der Waals surface area contributed by atoms with Crippen LogP contribution in [0.4, 0.5) is 0 Å². The molecular weight excluding hydrogens is 212 g/mol. The van der Waals surface area contributed by atoms with Crippen LogP contribution in [0.25, 0.3) is 0 Å². The van der Waals surface area contributed by atoms with E-state index >= 15 is 0 Å². The Morgan fingerprint density at radius 3 is 2.12 bits per heavy atom. The van der Waals surface area contributed by atoms with Gasteiger partial charge in [-0.1, -0.05) is 0 Å². The number of carboxylic acids is 1. The predicted molar refractivity (Wildman–Crippen MR) is 57.0 cm³/mol. The van der Waals surface area contributed by atoms with Gasteiger partial charge in [0.2, 0.25) is 0 Å². The number of carboxylic acid groups (broad SMARTS) is 1. The quantitative estimate of drug-likeness (QED) is 0.553. The number of hydrogen-bond donors (Lipinski definition) is 1. The van der Waals surface area contributed by atoms with E-state index in [4.69, 9.17) is 9.84 Å². The fraction of sp³-hybridized carbons (Fsp3) is 0.727. The van der Waals surface area contributed by atoms with E-state index in [9.17, 15) is 14.4 Å². The number of carbonyl (C=O) groups excluding carboxylic acids is 2. The second-order valence-corrected chi connectivity index (χ2v) is 4.55. The van der Waals surface area contributed by atoms with Crippen LogP contribution in [0.1, 0.15) is 46.5 Å². The van der Waals surface area contributed by atoms with Crippen molar-refractivity contribution in [3.63, 3.8) is 0 Å². The lowest BCUT2D eigenvalue weighted by atomic mass is 10.1. The maximum atomic E-state index is 11.2. The average Bonchev–Trinajstić information content (AvgIpc) is 1.98. The Balaban J connectivity index is 3.70. The number of hydrogen-bond acceptors (Lipinski definition) is 4. The number of rotatable bonds is 6. The fourth-order valence-electron chi connectivity index (χ4n) is 1.08. The molecule has 0 fully saturated rings. The van der Waals surface area contributed by atoms with Crippen LogP contribution >= 0.6 is 0 Å². The van der Waals surface area contributed by atoms with Crippen LogP contribution in [0.5, 0.6) is 0 Å². The zero-order valence-corrected chi connectivity index (χ0v) is 9.91. The molecule has 0 amide bonds. The normalized spacial score (nSPS) is 10.9. The zero-order valence-electron chi connectivity index (χ0n) is 9.91. The van der Waals surface area contributed by atoms with E-state index in [-0.39, 0.29) is 24.6 Å². The van der Waals surface area contributed by atoms with Gasteiger partial charge in [-0.2, -0.15) is 0 Å². The number of ketones is 1. The van der Waals surface area contributed by atoms with Crippen LogP contribution in [-0.2, 0) is 19.1 Å². The van der Waals surface area contributed by atoms with Gasteiger partial charge in [-0.3, -0.25) is 14.4 Å². The highest BCUT2D eigenvalue weighted by Crippen LogP contribution is 2.10. The Hall–Kier alpha value is -1.39. The second-order valence-electron chi connectivity index (χ2n) is 4.55. The van der Waals surface area contributed by atoms with Gasteiger partial charge in [0.15, 0.2) is 0 Å². The van der Waals surface area contributed by atoms with Gasteiger partial charge in [-0.05, 0) is 27.2 Å². The molecule has 92 valence electrons. The van der Waals surface area contributed by atoms with E-state index in [1.807, 2.05) is 0 Å². The zero-order chi connectivity index (χ0) is 12.8. The maximum absolute atomic E-state index is 11.2. The third-order valence-electron chi connectivity index (χ3n) is 1.60. The molecule has 0 aromatic carbocycles. The second kappa shape index (κ2) is 6.25. The first-order chi connectivity index (χ1) is 7.20. The summed E-state index contributed by atoms with van der Waals surface area (Å²) < 4.78 is 5.03. The summed E-state index contributed by atoms with van der Waals surface area (Å²) >= 11 is 0. The van der Waals surface area contributed by atoms with E-state index < -0.39 is 18.0 Å². The molecule has 0 heterocycles. The van der Waals surface area contributed by atoms with Crippen molar-refractivity contribution >= 4 is 17.7 Å². The van der Waals surface area contributed by atoms with Crippen molar-refractivity contribution in [1.29, 1.82) is 0 Å². The van der Waals surface area contributed by atoms with Crippen molar-refractivity contribution in [1.82, 2.24) is 0 Å².